The van der Waals surface area contributed by atoms with Crippen LogP contribution < -0.4 is 9.64 Å². The number of hydrogen-bond acceptors (Lipinski definition) is 4. The first-order valence-corrected chi connectivity index (χ1v) is 8.37. The Kier molecular flexibility index (Phi) is 5.72. The fraction of sp³-hybridized carbons (Fsp3) is 0.529. The maximum atomic E-state index is 12.7. The van der Waals surface area contributed by atoms with E-state index in [1.165, 1.54) is 0 Å². The molecule has 0 fully saturated rings. The summed E-state index contributed by atoms with van der Waals surface area (Å²) in [5, 5.41) is 9.51. The molecule has 1 N–H and O–H groups in total. The van der Waals surface area contributed by atoms with Crippen molar-refractivity contribution in [3.8, 4) is 5.75 Å². The first-order chi connectivity index (χ1) is 11.3. The summed E-state index contributed by atoms with van der Waals surface area (Å²) < 4.78 is 5.75. The Morgan fingerprint density at radius 1 is 1.42 bits per heavy atom. The number of carbonyl (C=O) groups excluding carboxylic acids is 2. The second-order valence-corrected chi connectivity index (χ2v) is 6.56. The van der Waals surface area contributed by atoms with E-state index in [-0.39, 0.29) is 31.4 Å². The number of aliphatic hydroxyl groups is 1. The lowest BCUT2D eigenvalue weighted by Gasteiger charge is -2.39. The number of nitrogens with zero attached hydrogens (tertiary/aromatic N) is 2. The van der Waals surface area contributed by atoms with Crippen LogP contribution in [0.2, 0.25) is 5.02 Å². The summed E-state index contributed by atoms with van der Waals surface area (Å²) in [6, 6.07) is 5.10. The number of rotatable bonds is 6. The summed E-state index contributed by atoms with van der Waals surface area (Å²) in [5.74, 6) is 0.252. The van der Waals surface area contributed by atoms with Crippen LogP contribution in [0.5, 0.6) is 5.75 Å². The second-order valence-electron chi connectivity index (χ2n) is 6.13. The number of anilines is 1. The molecule has 1 heterocycles. The summed E-state index contributed by atoms with van der Waals surface area (Å²) in [5.41, 5.74) is -0.427. The van der Waals surface area contributed by atoms with E-state index in [0.717, 1.165) is 0 Å². The molecule has 0 radical (unpaired) electrons. The van der Waals surface area contributed by atoms with E-state index >= 15 is 0 Å². The lowest BCUT2D eigenvalue weighted by molar-refractivity contribution is -0.133. The fourth-order valence-electron chi connectivity index (χ4n) is 2.71. The number of aliphatic hydroxyl groups excluding tert-OH is 1. The summed E-state index contributed by atoms with van der Waals surface area (Å²) in [4.78, 5) is 28.1. The van der Waals surface area contributed by atoms with Gasteiger partial charge in [-0.1, -0.05) is 11.6 Å². The van der Waals surface area contributed by atoms with Crippen molar-refractivity contribution in [2.45, 2.75) is 32.8 Å². The van der Waals surface area contributed by atoms with Gasteiger partial charge in [-0.15, -0.1) is 0 Å². The van der Waals surface area contributed by atoms with Crippen LogP contribution in [-0.4, -0.2) is 53.7 Å². The first-order valence-electron chi connectivity index (χ1n) is 7.99. The second kappa shape index (κ2) is 7.40. The Balaban J connectivity index is 2.20. The van der Waals surface area contributed by atoms with E-state index in [1.807, 2.05) is 6.92 Å². The molecule has 0 saturated heterocycles. The Morgan fingerprint density at radius 3 is 2.75 bits per heavy atom. The van der Waals surface area contributed by atoms with Crippen LogP contribution in [0.25, 0.3) is 0 Å². The van der Waals surface area contributed by atoms with Gasteiger partial charge in [-0.3, -0.25) is 9.59 Å². The minimum Gasteiger partial charge on any atom is -0.476 e. The lowest BCUT2D eigenvalue weighted by atomic mass is 10.0. The van der Waals surface area contributed by atoms with Crippen molar-refractivity contribution in [1.82, 2.24) is 4.90 Å². The van der Waals surface area contributed by atoms with Gasteiger partial charge >= 0.3 is 0 Å². The number of halogens is 1. The van der Waals surface area contributed by atoms with Crippen molar-refractivity contribution in [3.05, 3.63) is 23.2 Å². The van der Waals surface area contributed by atoms with Crippen LogP contribution in [0, 0.1) is 0 Å². The number of likely N-dealkylation sites (N-methyl/N-ethyl adjacent to an activating group) is 1. The highest BCUT2D eigenvalue weighted by Gasteiger charge is 2.41. The minimum atomic E-state index is -1.00. The largest absolute Gasteiger partial charge is 0.476 e. The Hall–Kier alpha value is -1.79. The van der Waals surface area contributed by atoms with Gasteiger partial charge in [0.05, 0.1) is 12.3 Å². The average molecular weight is 355 g/mol. The molecule has 1 aromatic rings. The number of benzene rings is 1. The first kappa shape index (κ1) is 18.5. The smallest absolute Gasteiger partial charge is 0.270 e. The van der Waals surface area contributed by atoms with Crippen LogP contribution >= 0.6 is 11.6 Å². The van der Waals surface area contributed by atoms with Gasteiger partial charge in [-0.05, 0) is 39.0 Å². The number of carbonyl (C=O) groups is 2. The Bertz CT molecular complexity index is 633. The number of fused-ring (bicyclic) bond motifs is 1. The molecular weight excluding hydrogens is 332 g/mol. The van der Waals surface area contributed by atoms with Gasteiger partial charge in [0.2, 0.25) is 5.91 Å². The molecule has 2 rings (SSSR count). The number of hydrogen-bond donors (Lipinski definition) is 1. The highest BCUT2D eigenvalue weighted by Crippen LogP contribution is 2.39. The highest BCUT2D eigenvalue weighted by atomic mass is 35.5. The van der Waals surface area contributed by atoms with Crippen molar-refractivity contribution in [1.29, 1.82) is 0 Å². The van der Waals surface area contributed by atoms with E-state index in [2.05, 4.69) is 0 Å². The van der Waals surface area contributed by atoms with E-state index in [9.17, 15) is 9.59 Å². The summed E-state index contributed by atoms with van der Waals surface area (Å²) in [6.07, 6.45) is 0.168. The van der Waals surface area contributed by atoms with Crippen molar-refractivity contribution in [2.24, 2.45) is 0 Å². The van der Waals surface area contributed by atoms with E-state index in [1.54, 1.807) is 41.8 Å². The molecule has 1 aliphatic heterocycles. The number of amides is 2. The van der Waals surface area contributed by atoms with Crippen LogP contribution in [0.3, 0.4) is 0 Å². The van der Waals surface area contributed by atoms with Gasteiger partial charge in [0, 0.05) is 31.1 Å². The van der Waals surface area contributed by atoms with Gasteiger partial charge in [0.25, 0.3) is 5.91 Å². The lowest BCUT2D eigenvalue weighted by Crippen LogP contribution is -2.53. The van der Waals surface area contributed by atoms with Crippen LogP contribution in [0.1, 0.15) is 27.2 Å². The molecule has 0 saturated carbocycles. The minimum absolute atomic E-state index is 0.0818. The molecule has 0 atom stereocenters. The predicted octanol–water partition coefficient (Wildman–Crippen LogP) is 2.07. The van der Waals surface area contributed by atoms with Crippen molar-refractivity contribution in [3.63, 3.8) is 0 Å². The third-order valence-electron chi connectivity index (χ3n) is 3.99. The summed E-state index contributed by atoms with van der Waals surface area (Å²) >= 11 is 6.04. The molecule has 1 aromatic carbocycles. The van der Waals surface area contributed by atoms with Crippen LogP contribution in [0.4, 0.5) is 5.69 Å². The molecule has 6 nitrogen and oxygen atoms in total. The maximum Gasteiger partial charge on any atom is 0.270 e. The Labute approximate surface area is 146 Å². The molecule has 0 unspecified atom stereocenters. The predicted molar refractivity (Wildman–Crippen MR) is 92.5 cm³/mol. The van der Waals surface area contributed by atoms with Crippen LogP contribution in [0.15, 0.2) is 18.2 Å². The van der Waals surface area contributed by atoms with Gasteiger partial charge < -0.3 is 19.6 Å². The van der Waals surface area contributed by atoms with Crippen molar-refractivity contribution < 1.29 is 19.4 Å². The molecule has 132 valence electrons. The average Bonchev–Trinajstić information content (AvgIpc) is 2.53. The molecular formula is C17H23ClN2O4. The van der Waals surface area contributed by atoms with Gasteiger partial charge in [-0.2, -0.15) is 0 Å². The fourth-order valence-corrected chi connectivity index (χ4v) is 2.87. The third kappa shape index (κ3) is 3.82. The van der Waals surface area contributed by atoms with Gasteiger partial charge in [0.15, 0.2) is 5.60 Å². The third-order valence-corrected chi connectivity index (χ3v) is 4.23. The normalized spacial score (nSPS) is 15.7. The zero-order valence-electron chi connectivity index (χ0n) is 14.2. The maximum absolute atomic E-state index is 12.7. The standard InChI is InChI=1S/C17H23ClN2O4/c1-4-19(9-10-21)15(22)7-8-20-13-11-12(18)5-6-14(13)24-17(2,3)16(20)23/h5-6,11,21H,4,7-10H2,1-3H3. The quantitative estimate of drug-likeness (QED) is 0.849. The zero-order chi connectivity index (χ0) is 17.9. The highest BCUT2D eigenvalue weighted by molar-refractivity contribution is 6.31. The summed E-state index contributed by atoms with van der Waals surface area (Å²) in [6.45, 7) is 6.22. The van der Waals surface area contributed by atoms with Gasteiger partial charge in [0.1, 0.15) is 5.75 Å². The molecule has 2 amide bonds. The van der Waals surface area contributed by atoms with Crippen molar-refractivity contribution >= 4 is 29.1 Å². The van der Waals surface area contributed by atoms with E-state index in [0.29, 0.717) is 29.5 Å². The van der Waals surface area contributed by atoms with Crippen molar-refractivity contribution in [2.75, 3.05) is 31.1 Å². The molecule has 0 spiro atoms. The SMILES string of the molecule is CCN(CCO)C(=O)CCN1C(=O)C(C)(C)Oc2ccc(Cl)cc21. The zero-order valence-corrected chi connectivity index (χ0v) is 15.0. The molecule has 24 heavy (non-hydrogen) atoms. The molecule has 1 aliphatic rings. The molecule has 0 aliphatic carbocycles. The molecule has 7 heteroatoms. The topological polar surface area (TPSA) is 70.1 Å². The van der Waals surface area contributed by atoms with E-state index in [4.69, 9.17) is 21.4 Å². The van der Waals surface area contributed by atoms with Gasteiger partial charge in [-0.25, -0.2) is 0 Å². The monoisotopic (exact) mass is 354 g/mol. The Morgan fingerprint density at radius 2 is 2.12 bits per heavy atom. The van der Waals surface area contributed by atoms with Crippen LogP contribution in [-0.2, 0) is 9.59 Å². The number of ether oxygens (including phenoxy) is 1. The summed E-state index contributed by atoms with van der Waals surface area (Å²) in [7, 11) is 0. The van der Waals surface area contributed by atoms with E-state index < -0.39 is 5.60 Å². The molecule has 0 bridgehead atoms. The molecule has 0 aromatic heterocycles.